The SMILES string of the molecule is COc1ncccc1N1CC(CS(=O)(=O)F)CC1=O. The summed E-state index contributed by atoms with van der Waals surface area (Å²) >= 11 is 0. The summed E-state index contributed by atoms with van der Waals surface area (Å²) in [5, 5.41) is 0. The third kappa shape index (κ3) is 3.19. The average molecular weight is 288 g/mol. The van der Waals surface area contributed by atoms with Crippen molar-refractivity contribution in [3.05, 3.63) is 18.3 Å². The van der Waals surface area contributed by atoms with Crippen LogP contribution in [0.15, 0.2) is 18.3 Å². The van der Waals surface area contributed by atoms with Gasteiger partial charge in [-0.3, -0.25) is 4.79 Å². The normalized spacial score (nSPS) is 19.8. The van der Waals surface area contributed by atoms with Crippen molar-refractivity contribution >= 4 is 21.8 Å². The molecule has 1 aliphatic rings. The summed E-state index contributed by atoms with van der Waals surface area (Å²) in [6.07, 6.45) is 1.52. The lowest BCUT2D eigenvalue weighted by Gasteiger charge is -2.18. The largest absolute Gasteiger partial charge is 0.480 e. The molecule has 0 radical (unpaired) electrons. The van der Waals surface area contributed by atoms with Crippen LogP contribution in [0.2, 0.25) is 0 Å². The maximum atomic E-state index is 12.6. The Bertz CT molecular complexity index is 590. The molecule has 2 rings (SSSR count). The Morgan fingerprint density at radius 1 is 1.58 bits per heavy atom. The van der Waals surface area contributed by atoms with Crippen LogP contribution in [-0.2, 0) is 15.0 Å². The van der Waals surface area contributed by atoms with E-state index in [0.29, 0.717) is 5.69 Å². The van der Waals surface area contributed by atoms with Gasteiger partial charge in [0, 0.05) is 25.1 Å². The van der Waals surface area contributed by atoms with Crippen LogP contribution >= 0.6 is 0 Å². The van der Waals surface area contributed by atoms with Gasteiger partial charge in [-0.05, 0) is 12.1 Å². The van der Waals surface area contributed by atoms with E-state index in [1.54, 1.807) is 12.1 Å². The Labute approximate surface area is 110 Å². The van der Waals surface area contributed by atoms with Gasteiger partial charge in [-0.2, -0.15) is 8.42 Å². The van der Waals surface area contributed by atoms with E-state index < -0.39 is 21.9 Å². The van der Waals surface area contributed by atoms with Gasteiger partial charge in [0.1, 0.15) is 5.69 Å². The minimum Gasteiger partial charge on any atom is -0.480 e. The first-order chi connectivity index (χ1) is 8.90. The van der Waals surface area contributed by atoms with Crippen LogP contribution < -0.4 is 9.64 Å². The molecule has 2 heterocycles. The molecule has 8 heteroatoms. The van der Waals surface area contributed by atoms with Crippen molar-refractivity contribution in [1.29, 1.82) is 0 Å². The zero-order valence-electron chi connectivity index (χ0n) is 10.2. The number of pyridine rings is 1. The topological polar surface area (TPSA) is 76.6 Å². The van der Waals surface area contributed by atoms with Crippen molar-refractivity contribution in [2.75, 3.05) is 24.3 Å². The second kappa shape index (κ2) is 5.12. The molecule has 0 aliphatic carbocycles. The predicted octanol–water partition coefficient (Wildman–Crippen LogP) is 0.742. The number of hydrogen-bond donors (Lipinski definition) is 0. The molecule has 0 saturated carbocycles. The van der Waals surface area contributed by atoms with Crippen molar-refractivity contribution in [1.82, 2.24) is 4.98 Å². The van der Waals surface area contributed by atoms with E-state index in [1.165, 1.54) is 18.2 Å². The number of nitrogens with zero attached hydrogens (tertiary/aromatic N) is 2. The molecule has 19 heavy (non-hydrogen) atoms. The predicted molar refractivity (Wildman–Crippen MR) is 66.1 cm³/mol. The first-order valence-electron chi connectivity index (χ1n) is 5.62. The number of halogens is 1. The molecule has 1 aromatic rings. The number of ether oxygens (including phenoxy) is 1. The summed E-state index contributed by atoms with van der Waals surface area (Å²) in [7, 11) is -3.15. The molecule has 1 aliphatic heterocycles. The van der Waals surface area contributed by atoms with Crippen LogP contribution in [0, 0.1) is 5.92 Å². The van der Waals surface area contributed by atoms with Gasteiger partial charge in [-0.15, -0.1) is 3.89 Å². The second-order valence-electron chi connectivity index (χ2n) is 4.31. The van der Waals surface area contributed by atoms with Crippen molar-refractivity contribution in [2.45, 2.75) is 6.42 Å². The fourth-order valence-electron chi connectivity index (χ4n) is 2.15. The molecule has 1 unspecified atom stereocenters. The molecule has 0 spiro atoms. The van der Waals surface area contributed by atoms with Crippen LogP contribution in [0.3, 0.4) is 0 Å². The van der Waals surface area contributed by atoms with Crippen LogP contribution in [0.4, 0.5) is 9.57 Å². The van der Waals surface area contributed by atoms with Gasteiger partial charge in [-0.1, -0.05) is 0 Å². The van der Waals surface area contributed by atoms with E-state index in [-0.39, 0.29) is 24.8 Å². The van der Waals surface area contributed by atoms with Crippen LogP contribution in [0.1, 0.15) is 6.42 Å². The number of methoxy groups -OCH3 is 1. The van der Waals surface area contributed by atoms with E-state index in [0.717, 1.165) is 0 Å². The number of carbonyl (C=O) groups excluding carboxylic acids is 1. The van der Waals surface area contributed by atoms with Gasteiger partial charge >= 0.3 is 10.2 Å². The van der Waals surface area contributed by atoms with Gasteiger partial charge in [0.25, 0.3) is 0 Å². The number of rotatable bonds is 4. The molecule has 0 aromatic carbocycles. The fraction of sp³-hybridized carbons (Fsp3) is 0.455. The van der Waals surface area contributed by atoms with E-state index in [9.17, 15) is 17.1 Å². The zero-order valence-corrected chi connectivity index (χ0v) is 11.1. The van der Waals surface area contributed by atoms with Crippen molar-refractivity contribution in [2.24, 2.45) is 5.92 Å². The highest BCUT2D eigenvalue weighted by Gasteiger charge is 2.35. The minimum absolute atomic E-state index is 0.00119. The Balaban J connectivity index is 2.20. The van der Waals surface area contributed by atoms with Gasteiger partial charge in [0.2, 0.25) is 11.8 Å². The van der Waals surface area contributed by atoms with Crippen LogP contribution in [0.5, 0.6) is 5.88 Å². The molecule has 1 atom stereocenters. The summed E-state index contributed by atoms with van der Waals surface area (Å²) in [4.78, 5) is 17.2. The summed E-state index contributed by atoms with van der Waals surface area (Å²) < 4.78 is 38.9. The average Bonchev–Trinajstić information content (AvgIpc) is 2.67. The lowest BCUT2D eigenvalue weighted by molar-refractivity contribution is -0.117. The molecule has 1 fully saturated rings. The number of carbonyl (C=O) groups is 1. The van der Waals surface area contributed by atoms with Crippen LogP contribution in [-0.4, -0.2) is 38.7 Å². The van der Waals surface area contributed by atoms with Crippen molar-refractivity contribution in [3.8, 4) is 5.88 Å². The van der Waals surface area contributed by atoms with E-state index >= 15 is 0 Å². The van der Waals surface area contributed by atoms with Crippen LogP contribution in [0.25, 0.3) is 0 Å². The lowest BCUT2D eigenvalue weighted by Crippen LogP contribution is -2.26. The highest BCUT2D eigenvalue weighted by Crippen LogP contribution is 2.31. The molecule has 0 bridgehead atoms. The number of amides is 1. The van der Waals surface area contributed by atoms with E-state index in [1.807, 2.05) is 0 Å². The third-order valence-corrected chi connectivity index (χ3v) is 3.74. The summed E-state index contributed by atoms with van der Waals surface area (Å²) in [6.45, 7) is 0.143. The standard InChI is InChI=1S/C11H13FN2O4S/c1-18-11-9(3-2-4-13-11)14-6-8(5-10(14)15)7-19(12,16)17/h2-4,8H,5-7H2,1H3. The molecular formula is C11H13FN2O4S. The summed E-state index contributed by atoms with van der Waals surface area (Å²) in [5.41, 5.74) is 0.466. The molecule has 0 N–H and O–H groups in total. The van der Waals surface area contributed by atoms with E-state index in [4.69, 9.17) is 4.74 Å². The Hall–Kier alpha value is -1.70. The monoisotopic (exact) mass is 288 g/mol. The Kier molecular flexibility index (Phi) is 3.70. The third-order valence-electron chi connectivity index (χ3n) is 2.88. The first-order valence-corrected chi connectivity index (χ1v) is 7.17. The van der Waals surface area contributed by atoms with E-state index in [2.05, 4.69) is 4.98 Å². The van der Waals surface area contributed by atoms with Gasteiger partial charge in [0.05, 0.1) is 12.9 Å². The van der Waals surface area contributed by atoms with Crippen molar-refractivity contribution in [3.63, 3.8) is 0 Å². The van der Waals surface area contributed by atoms with Gasteiger partial charge < -0.3 is 9.64 Å². The highest BCUT2D eigenvalue weighted by molar-refractivity contribution is 7.86. The lowest BCUT2D eigenvalue weighted by atomic mass is 10.1. The smallest absolute Gasteiger partial charge is 0.302 e. The zero-order chi connectivity index (χ0) is 14.0. The van der Waals surface area contributed by atoms with Gasteiger partial charge in [-0.25, -0.2) is 4.98 Å². The minimum atomic E-state index is -4.58. The fourth-order valence-corrected chi connectivity index (χ4v) is 2.94. The summed E-state index contributed by atoms with van der Waals surface area (Å²) in [5.74, 6) is -1.18. The quantitative estimate of drug-likeness (QED) is 0.764. The first kappa shape index (κ1) is 13.7. The van der Waals surface area contributed by atoms with Crippen molar-refractivity contribution < 1.29 is 21.8 Å². The number of anilines is 1. The maximum absolute atomic E-state index is 12.6. The molecule has 104 valence electrons. The molecule has 1 saturated heterocycles. The Morgan fingerprint density at radius 2 is 2.32 bits per heavy atom. The molecule has 6 nitrogen and oxygen atoms in total. The number of aromatic nitrogens is 1. The molecule has 1 aromatic heterocycles. The molecular weight excluding hydrogens is 275 g/mol. The Morgan fingerprint density at radius 3 is 2.95 bits per heavy atom. The molecule has 1 amide bonds. The number of hydrogen-bond acceptors (Lipinski definition) is 5. The second-order valence-corrected chi connectivity index (χ2v) is 5.72. The van der Waals surface area contributed by atoms with Gasteiger partial charge in [0.15, 0.2) is 0 Å². The maximum Gasteiger partial charge on any atom is 0.302 e. The summed E-state index contributed by atoms with van der Waals surface area (Å²) in [6, 6.07) is 3.29. The highest BCUT2D eigenvalue weighted by atomic mass is 32.3.